The van der Waals surface area contributed by atoms with Crippen molar-refractivity contribution in [1.29, 1.82) is 0 Å². The van der Waals surface area contributed by atoms with E-state index in [9.17, 15) is 0 Å². The number of unbranched alkanes of at least 4 members (excludes halogenated alkanes) is 2. The number of hydrogen-bond acceptors (Lipinski definition) is 1. The van der Waals surface area contributed by atoms with Crippen molar-refractivity contribution in [3.8, 4) is 0 Å². The molecule has 80 valence electrons. The Bertz CT molecular complexity index is 208. The molecule has 2 heteroatoms. The van der Waals surface area contributed by atoms with Crippen LogP contribution >= 0.6 is 0 Å². The average Bonchev–Trinajstić information content (AvgIpc) is 2.71. The first-order valence-electron chi connectivity index (χ1n) is 5.87. The van der Waals surface area contributed by atoms with Crippen LogP contribution in [0.25, 0.3) is 0 Å². The Morgan fingerprint density at radius 2 is 1.86 bits per heavy atom. The molecule has 0 aliphatic heterocycles. The van der Waals surface area contributed by atoms with Gasteiger partial charge in [-0.3, -0.25) is 0 Å². The maximum absolute atomic E-state index is 4.37. The molecule has 1 aromatic rings. The zero-order valence-electron chi connectivity index (χ0n) is 9.42. The predicted molar refractivity (Wildman–Crippen MR) is 60.4 cm³/mol. The maximum Gasteiger partial charge on any atom is 0.109 e. The number of nitrogens with zero attached hydrogens (tertiary/aromatic N) is 1. The fraction of sp³-hybridized carbons (Fsp3) is 0.750. The molecule has 1 heterocycles. The molecule has 0 aliphatic carbocycles. The first-order chi connectivity index (χ1) is 6.88. The van der Waals surface area contributed by atoms with E-state index in [1.807, 2.05) is 12.4 Å². The average molecular weight is 194 g/mol. The van der Waals surface area contributed by atoms with Crippen LogP contribution in [-0.4, -0.2) is 9.97 Å². The molecule has 0 fully saturated rings. The Hall–Kier alpha value is -0.790. The van der Waals surface area contributed by atoms with Crippen molar-refractivity contribution < 1.29 is 0 Å². The van der Waals surface area contributed by atoms with Crippen LogP contribution in [0.4, 0.5) is 0 Å². The van der Waals surface area contributed by atoms with E-state index in [1.54, 1.807) is 0 Å². The lowest BCUT2D eigenvalue weighted by Crippen LogP contribution is -2.01. The van der Waals surface area contributed by atoms with Crippen LogP contribution in [0.15, 0.2) is 12.4 Å². The van der Waals surface area contributed by atoms with Gasteiger partial charge >= 0.3 is 0 Å². The van der Waals surface area contributed by atoms with E-state index in [-0.39, 0.29) is 0 Å². The summed E-state index contributed by atoms with van der Waals surface area (Å²) in [5.74, 6) is 1.84. The van der Waals surface area contributed by atoms with Crippen molar-refractivity contribution in [3.63, 3.8) is 0 Å². The fourth-order valence-electron chi connectivity index (χ4n) is 1.82. The second-order valence-electron chi connectivity index (χ2n) is 3.96. The minimum Gasteiger partial charge on any atom is -0.348 e. The minimum atomic E-state index is 0.657. The summed E-state index contributed by atoms with van der Waals surface area (Å²) in [4.78, 5) is 7.61. The van der Waals surface area contributed by atoms with E-state index < -0.39 is 0 Å². The Morgan fingerprint density at radius 3 is 2.29 bits per heavy atom. The standard InChI is InChI=1S/C12H22N2/c1-3-5-7-11(8-6-4-2)12-13-9-10-14-12/h9-11H,3-8H2,1-2H3,(H,13,14). The molecule has 1 rings (SSSR count). The predicted octanol–water partition coefficient (Wildman–Crippen LogP) is 3.87. The van der Waals surface area contributed by atoms with Crippen molar-refractivity contribution in [1.82, 2.24) is 9.97 Å². The van der Waals surface area contributed by atoms with Gasteiger partial charge in [-0.2, -0.15) is 0 Å². The van der Waals surface area contributed by atoms with E-state index in [1.165, 1.54) is 44.3 Å². The molecule has 0 radical (unpaired) electrons. The van der Waals surface area contributed by atoms with Gasteiger partial charge in [0.25, 0.3) is 0 Å². The maximum atomic E-state index is 4.37. The number of nitrogens with one attached hydrogen (secondary N) is 1. The molecule has 1 aromatic heterocycles. The van der Waals surface area contributed by atoms with Gasteiger partial charge < -0.3 is 4.98 Å². The summed E-state index contributed by atoms with van der Waals surface area (Å²) in [6.45, 7) is 4.50. The molecular weight excluding hydrogens is 172 g/mol. The molecule has 0 saturated carbocycles. The molecule has 0 bridgehead atoms. The van der Waals surface area contributed by atoms with E-state index in [0.717, 1.165) is 0 Å². The Balaban J connectivity index is 2.44. The Kier molecular flexibility index (Phi) is 5.35. The second-order valence-corrected chi connectivity index (χ2v) is 3.96. The third-order valence-corrected chi connectivity index (χ3v) is 2.72. The van der Waals surface area contributed by atoms with Crippen molar-refractivity contribution >= 4 is 0 Å². The van der Waals surface area contributed by atoms with E-state index in [2.05, 4.69) is 23.8 Å². The lowest BCUT2D eigenvalue weighted by Gasteiger charge is -2.13. The zero-order valence-corrected chi connectivity index (χ0v) is 9.42. The lowest BCUT2D eigenvalue weighted by molar-refractivity contribution is 0.506. The minimum absolute atomic E-state index is 0.657. The number of rotatable bonds is 7. The second kappa shape index (κ2) is 6.63. The molecule has 0 unspecified atom stereocenters. The van der Waals surface area contributed by atoms with Gasteiger partial charge in [0.15, 0.2) is 0 Å². The van der Waals surface area contributed by atoms with Gasteiger partial charge in [0.05, 0.1) is 0 Å². The number of aromatic amines is 1. The first kappa shape index (κ1) is 11.3. The third kappa shape index (κ3) is 3.52. The topological polar surface area (TPSA) is 28.7 Å². The molecule has 2 nitrogen and oxygen atoms in total. The first-order valence-corrected chi connectivity index (χ1v) is 5.87. The van der Waals surface area contributed by atoms with E-state index in [4.69, 9.17) is 0 Å². The van der Waals surface area contributed by atoms with Gasteiger partial charge in [-0.15, -0.1) is 0 Å². The van der Waals surface area contributed by atoms with Crippen LogP contribution in [0.1, 0.15) is 64.1 Å². The summed E-state index contributed by atoms with van der Waals surface area (Å²) < 4.78 is 0. The Labute approximate surface area is 87.1 Å². The van der Waals surface area contributed by atoms with Crippen LogP contribution in [0.2, 0.25) is 0 Å². The quantitative estimate of drug-likeness (QED) is 0.701. The van der Waals surface area contributed by atoms with Crippen molar-refractivity contribution in [3.05, 3.63) is 18.2 Å². The molecule has 0 spiro atoms. The van der Waals surface area contributed by atoms with Gasteiger partial charge in [0.1, 0.15) is 5.82 Å². The molecule has 0 aliphatic rings. The molecule has 14 heavy (non-hydrogen) atoms. The van der Waals surface area contributed by atoms with Crippen LogP contribution in [0.5, 0.6) is 0 Å². The smallest absolute Gasteiger partial charge is 0.109 e. The highest BCUT2D eigenvalue weighted by Gasteiger charge is 2.12. The summed E-state index contributed by atoms with van der Waals surface area (Å²) in [5, 5.41) is 0. The van der Waals surface area contributed by atoms with Gasteiger partial charge in [-0.25, -0.2) is 4.98 Å². The number of imidazole rings is 1. The normalized spacial score (nSPS) is 11.1. The van der Waals surface area contributed by atoms with Crippen LogP contribution < -0.4 is 0 Å². The highest BCUT2D eigenvalue weighted by Crippen LogP contribution is 2.24. The number of hydrogen-bond donors (Lipinski definition) is 1. The zero-order chi connectivity index (χ0) is 10.2. The van der Waals surface area contributed by atoms with Crippen LogP contribution in [0, 0.1) is 0 Å². The largest absolute Gasteiger partial charge is 0.348 e. The summed E-state index contributed by atoms with van der Waals surface area (Å²) >= 11 is 0. The summed E-state index contributed by atoms with van der Waals surface area (Å²) in [6.07, 6.45) is 11.5. The molecule has 1 N–H and O–H groups in total. The van der Waals surface area contributed by atoms with Crippen molar-refractivity contribution in [2.45, 2.75) is 58.3 Å². The molecule has 0 atom stereocenters. The van der Waals surface area contributed by atoms with Gasteiger partial charge in [0.2, 0.25) is 0 Å². The van der Waals surface area contributed by atoms with Gasteiger partial charge in [-0.05, 0) is 12.8 Å². The Morgan fingerprint density at radius 1 is 1.21 bits per heavy atom. The third-order valence-electron chi connectivity index (χ3n) is 2.72. The lowest BCUT2D eigenvalue weighted by atomic mass is 9.95. The van der Waals surface area contributed by atoms with Crippen LogP contribution in [-0.2, 0) is 0 Å². The summed E-state index contributed by atoms with van der Waals surface area (Å²) in [6, 6.07) is 0. The molecular formula is C12H22N2. The van der Waals surface area contributed by atoms with E-state index in [0.29, 0.717) is 5.92 Å². The SMILES string of the molecule is CCCCC(CCCC)c1ncc[nH]1. The van der Waals surface area contributed by atoms with Crippen LogP contribution in [0.3, 0.4) is 0 Å². The highest BCUT2D eigenvalue weighted by atomic mass is 14.9. The molecule has 0 amide bonds. The monoisotopic (exact) mass is 194 g/mol. The fourth-order valence-corrected chi connectivity index (χ4v) is 1.82. The number of H-pyrrole nitrogens is 1. The van der Waals surface area contributed by atoms with E-state index >= 15 is 0 Å². The van der Waals surface area contributed by atoms with Gasteiger partial charge in [0, 0.05) is 18.3 Å². The number of aromatic nitrogens is 2. The molecule has 0 aromatic carbocycles. The van der Waals surface area contributed by atoms with Gasteiger partial charge in [-0.1, -0.05) is 39.5 Å². The van der Waals surface area contributed by atoms with Crippen molar-refractivity contribution in [2.75, 3.05) is 0 Å². The summed E-state index contributed by atoms with van der Waals surface area (Å²) in [5.41, 5.74) is 0. The van der Waals surface area contributed by atoms with Crippen molar-refractivity contribution in [2.24, 2.45) is 0 Å². The highest BCUT2D eigenvalue weighted by molar-refractivity contribution is 4.96. The summed E-state index contributed by atoms with van der Waals surface area (Å²) in [7, 11) is 0. The molecule has 0 saturated heterocycles.